The van der Waals surface area contributed by atoms with Crippen LogP contribution in [-0.2, 0) is 19.6 Å². The lowest BCUT2D eigenvalue weighted by Crippen LogP contribution is -2.30. The lowest BCUT2D eigenvalue weighted by Gasteiger charge is -2.23. The van der Waals surface area contributed by atoms with Crippen molar-refractivity contribution >= 4 is 27.5 Å². The summed E-state index contributed by atoms with van der Waals surface area (Å²) in [7, 11) is -3.39. The highest BCUT2D eigenvalue weighted by molar-refractivity contribution is 7.92. The fourth-order valence-corrected chi connectivity index (χ4v) is 3.61. The van der Waals surface area contributed by atoms with E-state index >= 15 is 0 Å². The van der Waals surface area contributed by atoms with Crippen LogP contribution in [0.4, 0.5) is 5.69 Å². The maximum absolute atomic E-state index is 12.8. The number of carbonyl (C=O) groups excluding carboxylic acids is 2. The first-order valence-corrected chi connectivity index (χ1v) is 11.4. The molecule has 0 fully saturated rings. The highest BCUT2D eigenvalue weighted by Gasteiger charge is 2.30. The minimum atomic E-state index is -3.39. The second-order valence-electron chi connectivity index (χ2n) is 7.17. The molecule has 0 heterocycles. The van der Waals surface area contributed by atoms with E-state index in [-0.39, 0.29) is 11.7 Å². The van der Waals surface area contributed by atoms with Gasteiger partial charge in [-0.1, -0.05) is 50.6 Å². The van der Waals surface area contributed by atoms with Crippen LogP contribution < -0.4 is 4.72 Å². The molecule has 29 heavy (non-hydrogen) atoms. The Balaban J connectivity index is 2.12. The van der Waals surface area contributed by atoms with E-state index in [1.54, 1.807) is 6.92 Å². The molecule has 0 spiro atoms. The van der Waals surface area contributed by atoms with Gasteiger partial charge >= 0.3 is 5.97 Å². The summed E-state index contributed by atoms with van der Waals surface area (Å²) < 4.78 is 30.4. The van der Waals surface area contributed by atoms with Gasteiger partial charge in [0.2, 0.25) is 15.8 Å². The number of anilines is 1. The predicted octanol–water partition coefficient (Wildman–Crippen LogP) is 4.00. The van der Waals surface area contributed by atoms with Gasteiger partial charge in [-0.3, -0.25) is 14.3 Å². The van der Waals surface area contributed by atoms with Crippen molar-refractivity contribution in [1.29, 1.82) is 0 Å². The molecule has 0 saturated heterocycles. The standard InChI is InChI=1S/C22H27NO5S/c1-5-15(2)20(17-9-7-6-8-10-17)22(25)28-16(3)21(24)18-11-13-19(14-12-18)23-29(4,26)27/h6-16,20,23H,5H2,1-4H3/t15-,16+,20+/m1/s1. The van der Waals surface area contributed by atoms with Crippen LogP contribution >= 0.6 is 0 Å². The Hall–Kier alpha value is -2.67. The first kappa shape index (κ1) is 22.6. The molecule has 7 heteroatoms. The lowest BCUT2D eigenvalue weighted by molar-refractivity contribution is -0.149. The normalized spacial score (nSPS) is 14.5. The lowest BCUT2D eigenvalue weighted by atomic mass is 9.85. The Labute approximate surface area is 172 Å². The molecule has 0 aromatic heterocycles. The van der Waals surface area contributed by atoms with Crippen LogP contribution in [0.2, 0.25) is 0 Å². The largest absolute Gasteiger partial charge is 0.454 e. The van der Waals surface area contributed by atoms with Gasteiger partial charge in [0.25, 0.3) is 0 Å². The van der Waals surface area contributed by atoms with Gasteiger partial charge in [0, 0.05) is 11.3 Å². The molecule has 0 aliphatic rings. The summed E-state index contributed by atoms with van der Waals surface area (Å²) in [4.78, 5) is 25.5. The highest BCUT2D eigenvalue weighted by Crippen LogP contribution is 2.29. The number of ether oxygens (including phenoxy) is 1. The first-order valence-electron chi connectivity index (χ1n) is 9.50. The summed E-state index contributed by atoms with van der Waals surface area (Å²) in [5, 5.41) is 0. The molecule has 0 radical (unpaired) electrons. The van der Waals surface area contributed by atoms with Crippen LogP contribution in [0.15, 0.2) is 54.6 Å². The Bertz CT molecular complexity index is 939. The number of hydrogen-bond donors (Lipinski definition) is 1. The summed E-state index contributed by atoms with van der Waals surface area (Å²) in [5.74, 6) is -1.16. The number of Topliss-reactive ketones (excluding diaryl/α,β-unsaturated/α-hetero) is 1. The minimum Gasteiger partial charge on any atom is -0.454 e. The highest BCUT2D eigenvalue weighted by atomic mass is 32.2. The molecule has 6 nitrogen and oxygen atoms in total. The Kier molecular flexibility index (Phi) is 7.56. The van der Waals surface area contributed by atoms with Gasteiger partial charge in [0.05, 0.1) is 12.2 Å². The van der Waals surface area contributed by atoms with Crippen molar-refractivity contribution < 1.29 is 22.7 Å². The van der Waals surface area contributed by atoms with Crippen LogP contribution in [0.1, 0.15) is 49.0 Å². The van der Waals surface area contributed by atoms with E-state index in [9.17, 15) is 18.0 Å². The Morgan fingerprint density at radius 2 is 1.59 bits per heavy atom. The SMILES string of the molecule is CC[C@@H](C)[C@H](C(=O)O[C@@H](C)C(=O)c1ccc(NS(C)(=O)=O)cc1)c1ccccc1. The van der Waals surface area contributed by atoms with E-state index in [1.165, 1.54) is 24.3 Å². The summed E-state index contributed by atoms with van der Waals surface area (Å²) in [6.45, 7) is 5.54. The number of hydrogen-bond acceptors (Lipinski definition) is 5. The average Bonchev–Trinajstić information content (AvgIpc) is 2.67. The van der Waals surface area contributed by atoms with Gasteiger partial charge in [-0.2, -0.15) is 0 Å². The van der Waals surface area contributed by atoms with Crippen molar-refractivity contribution in [3.8, 4) is 0 Å². The fraction of sp³-hybridized carbons (Fsp3) is 0.364. The summed E-state index contributed by atoms with van der Waals surface area (Å²) in [6.07, 6.45) is 0.895. The quantitative estimate of drug-likeness (QED) is 0.492. The smallest absolute Gasteiger partial charge is 0.314 e. The number of sulfonamides is 1. The average molecular weight is 418 g/mol. The molecular weight excluding hydrogens is 390 g/mol. The van der Waals surface area contributed by atoms with Crippen LogP contribution in [0.25, 0.3) is 0 Å². The Morgan fingerprint density at radius 1 is 1.00 bits per heavy atom. The number of esters is 1. The minimum absolute atomic E-state index is 0.0635. The van der Waals surface area contributed by atoms with Gasteiger partial charge < -0.3 is 4.74 Å². The Morgan fingerprint density at radius 3 is 2.10 bits per heavy atom. The van der Waals surface area contributed by atoms with Crippen LogP contribution in [-0.4, -0.2) is 32.5 Å². The summed E-state index contributed by atoms with van der Waals surface area (Å²) in [5.41, 5.74) is 1.56. The monoisotopic (exact) mass is 417 g/mol. The third-order valence-corrected chi connectivity index (χ3v) is 5.37. The van der Waals surface area contributed by atoms with Crippen LogP contribution in [0, 0.1) is 5.92 Å². The number of nitrogens with one attached hydrogen (secondary N) is 1. The van der Waals surface area contributed by atoms with Crippen molar-refractivity contribution in [2.45, 2.75) is 39.2 Å². The topological polar surface area (TPSA) is 89.5 Å². The zero-order valence-corrected chi connectivity index (χ0v) is 17.9. The molecule has 156 valence electrons. The van der Waals surface area contributed by atoms with Crippen molar-refractivity contribution in [3.05, 3.63) is 65.7 Å². The van der Waals surface area contributed by atoms with Crippen LogP contribution in [0.5, 0.6) is 0 Å². The molecule has 2 aromatic rings. The number of rotatable bonds is 9. The van der Waals surface area contributed by atoms with Crippen molar-refractivity contribution in [1.82, 2.24) is 0 Å². The van der Waals surface area contributed by atoms with E-state index in [2.05, 4.69) is 4.72 Å². The van der Waals surface area contributed by atoms with Gasteiger partial charge in [0.1, 0.15) is 0 Å². The van der Waals surface area contributed by atoms with Crippen LogP contribution in [0.3, 0.4) is 0 Å². The molecule has 1 N–H and O–H groups in total. The van der Waals surface area contributed by atoms with E-state index in [0.29, 0.717) is 11.3 Å². The van der Waals surface area contributed by atoms with Gasteiger partial charge in [-0.05, 0) is 42.7 Å². The second kappa shape index (κ2) is 9.69. The third kappa shape index (κ3) is 6.42. The summed E-state index contributed by atoms with van der Waals surface area (Å²) >= 11 is 0. The molecule has 3 atom stereocenters. The van der Waals surface area contributed by atoms with Gasteiger partial charge in [-0.25, -0.2) is 8.42 Å². The summed E-state index contributed by atoms with van der Waals surface area (Å²) in [6, 6.07) is 15.4. The molecule has 0 aliphatic carbocycles. The molecule has 0 amide bonds. The van der Waals surface area contributed by atoms with E-state index in [4.69, 9.17) is 4.74 Å². The molecule has 2 aromatic carbocycles. The van der Waals surface area contributed by atoms with Gasteiger partial charge in [-0.15, -0.1) is 0 Å². The molecule has 0 aliphatic heterocycles. The fourth-order valence-electron chi connectivity index (χ4n) is 3.05. The molecule has 0 saturated carbocycles. The maximum Gasteiger partial charge on any atom is 0.314 e. The maximum atomic E-state index is 12.8. The first-order chi connectivity index (χ1) is 13.6. The van der Waals surface area contributed by atoms with E-state index < -0.39 is 28.0 Å². The number of benzene rings is 2. The molecular formula is C22H27NO5S. The van der Waals surface area contributed by atoms with E-state index in [0.717, 1.165) is 18.2 Å². The van der Waals surface area contributed by atoms with Crippen molar-refractivity contribution in [2.75, 3.05) is 11.0 Å². The third-order valence-electron chi connectivity index (χ3n) is 4.76. The van der Waals surface area contributed by atoms with E-state index in [1.807, 2.05) is 44.2 Å². The van der Waals surface area contributed by atoms with Gasteiger partial charge in [0.15, 0.2) is 6.10 Å². The molecule has 2 rings (SSSR count). The predicted molar refractivity (Wildman–Crippen MR) is 113 cm³/mol. The number of carbonyl (C=O) groups is 2. The molecule has 0 bridgehead atoms. The molecule has 0 unspecified atom stereocenters. The number of ketones is 1. The van der Waals surface area contributed by atoms with Crippen molar-refractivity contribution in [2.24, 2.45) is 5.92 Å². The second-order valence-corrected chi connectivity index (χ2v) is 8.92. The van der Waals surface area contributed by atoms with Crippen molar-refractivity contribution in [3.63, 3.8) is 0 Å². The zero-order chi connectivity index (χ0) is 21.6. The zero-order valence-electron chi connectivity index (χ0n) is 17.1.